The Morgan fingerprint density at radius 3 is 2.70 bits per heavy atom. The molecule has 5 rings (SSSR count). The molecular weight excluding hydrogens is 516 g/mol. The molecule has 214 valence electrons. The van der Waals surface area contributed by atoms with Crippen LogP contribution in [0.25, 0.3) is 0 Å². The zero-order valence-corrected chi connectivity index (χ0v) is 22.7. The van der Waals surface area contributed by atoms with Gasteiger partial charge in [-0.25, -0.2) is 0 Å². The smallest absolute Gasteiger partial charge is 0.252 e. The summed E-state index contributed by atoms with van der Waals surface area (Å²) in [7, 11) is 3.17. The van der Waals surface area contributed by atoms with E-state index in [9.17, 15) is 19.8 Å². The molecule has 0 spiro atoms. The molecule has 3 N–H and O–H groups in total. The fourth-order valence-electron chi connectivity index (χ4n) is 5.87. The molecule has 1 fully saturated rings. The summed E-state index contributed by atoms with van der Waals surface area (Å²) >= 11 is 0. The van der Waals surface area contributed by atoms with Crippen LogP contribution in [0.3, 0.4) is 0 Å². The van der Waals surface area contributed by atoms with E-state index in [2.05, 4.69) is 5.32 Å². The van der Waals surface area contributed by atoms with Gasteiger partial charge in [-0.2, -0.15) is 0 Å². The number of nitrogens with one attached hydrogen (secondary N) is 1. The van der Waals surface area contributed by atoms with Gasteiger partial charge >= 0.3 is 0 Å². The van der Waals surface area contributed by atoms with E-state index < -0.39 is 30.3 Å². The van der Waals surface area contributed by atoms with Gasteiger partial charge in [-0.1, -0.05) is 18.2 Å². The lowest BCUT2D eigenvalue weighted by Gasteiger charge is -2.41. The lowest BCUT2D eigenvalue weighted by atomic mass is 9.77. The number of nitrogens with zero attached hydrogens (tertiary/aromatic N) is 1. The topological polar surface area (TPSA) is 127 Å². The predicted octanol–water partition coefficient (Wildman–Crippen LogP) is 1.58. The summed E-state index contributed by atoms with van der Waals surface area (Å²) in [5.41, 5.74) is 2.03. The Hall–Kier alpha value is -3.60. The summed E-state index contributed by atoms with van der Waals surface area (Å²) in [4.78, 5) is 28.8. The lowest BCUT2D eigenvalue weighted by molar-refractivity contribution is -0.146. The van der Waals surface area contributed by atoms with E-state index >= 15 is 0 Å². The molecule has 0 radical (unpaired) electrons. The monoisotopic (exact) mass is 552 g/mol. The maximum Gasteiger partial charge on any atom is 0.252 e. The van der Waals surface area contributed by atoms with E-state index in [-0.39, 0.29) is 31.5 Å². The molecule has 0 saturated carbocycles. The highest BCUT2D eigenvalue weighted by atomic mass is 16.5. The van der Waals surface area contributed by atoms with Crippen molar-refractivity contribution in [3.05, 3.63) is 65.2 Å². The van der Waals surface area contributed by atoms with Crippen molar-refractivity contribution in [2.24, 2.45) is 0 Å². The normalized spacial score (nSPS) is 24.8. The van der Waals surface area contributed by atoms with Crippen molar-refractivity contribution >= 4 is 11.8 Å². The van der Waals surface area contributed by atoms with Gasteiger partial charge in [0.1, 0.15) is 35.6 Å². The van der Waals surface area contributed by atoms with Crippen LogP contribution in [0.4, 0.5) is 0 Å². The summed E-state index contributed by atoms with van der Waals surface area (Å²) in [6, 6.07) is 12.0. The Labute approximate surface area is 233 Å². The number of para-hydroxylation sites is 1. The maximum atomic E-state index is 13.9. The lowest BCUT2D eigenvalue weighted by Crippen LogP contribution is -2.57. The first-order valence-corrected chi connectivity index (χ1v) is 13.6. The number of aliphatic hydroxyl groups excluding tert-OH is 2. The van der Waals surface area contributed by atoms with E-state index in [1.807, 2.05) is 36.4 Å². The number of carbonyl (C=O) groups excluding carboxylic acids is 2. The SMILES string of the molecule is COc1ccc(OC)c(CCN(C(=O)C2CCCO2)C2C=C(C(=O)NCCO)C3c4ccccc4OC3C2O)c1. The number of hydrogen-bond donors (Lipinski definition) is 3. The van der Waals surface area contributed by atoms with Gasteiger partial charge in [0.15, 0.2) is 0 Å². The van der Waals surface area contributed by atoms with Crippen molar-refractivity contribution in [2.75, 3.05) is 40.5 Å². The minimum atomic E-state index is -1.11. The highest BCUT2D eigenvalue weighted by Crippen LogP contribution is 2.47. The third-order valence-electron chi connectivity index (χ3n) is 7.83. The molecule has 0 bridgehead atoms. The summed E-state index contributed by atoms with van der Waals surface area (Å²) < 4.78 is 22.9. The average molecular weight is 553 g/mol. The number of ether oxygens (including phenoxy) is 4. The van der Waals surface area contributed by atoms with Crippen molar-refractivity contribution in [3.63, 3.8) is 0 Å². The predicted molar refractivity (Wildman–Crippen MR) is 146 cm³/mol. The Kier molecular flexibility index (Phi) is 8.58. The Balaban J connectivity index is 1.52. The molecule has 1 aliphatic carbocycles. The fourth-order valence-corrected chi connectivity index (χ4v) is 5.87. The molecule has 2 amide bonds. The average Bonchev–Trinajstić information content (AvgIpc) is 3.66. The zero-order chi connectivity index (χ0) is 28.2. The highest BCUT2D eigenvalue weighted by Gasteiger charge is 2.51. The molecule has 40 heavy (non-hydrogen) atoms. The van der Waals surface area contributed by atoms with Crippen LogP contribution in [-0.2, 0) is 20.7 Å². The van der Waals surface area contributed by atoms with Gasteiger partial charge in [0.25, 0.3) is 5.91 Å². The van der Waals surface area contributed by atoms with Crippen LogP contribution in [-0.4, -0.2) is 91.8 Å². The van der Waals surface area contributed by atoms with E-state index in [0.717, 1.165) is 17.5 Å². The van der Waals surface area contributed by atoms with Crippen molar-refractivity contribution in [3.8, 4) is 17.2 Å². The van der Waals surface area contributed by atoms with Crippen LogP contribution < -0.4 is 19.5 Å². The Bertz CT molecular complexity index is 1260. The molecule has 10 nitrogen and oxygen atoms in total. The highest BCUT2D eigenvalue weighted by molar-refractivity contribution is 5.96. The molecule has 5 atom stereocenters. The zero-order valence-electron chi connectivity index (χ0n) is 22.7. The molecule has 2 aromatic carbocycles. The van der Waals surface area contributed by atoms with Crippen LogP contribution >= 0.6 is 0 Å². The first kappa shape index (κ1) is 27.9. The number of carbonyl (C=O) groups is 2. The van der Waals surface area contributed by atoms with Gasteiger partial charge in [-0.3, -0.25) is 9.59 Å². The standard InChI is InChI=1S/C30H36N2O8/c1-37-19-9-10-23(38-2)18(16-19)11-13-32(30(36)25-8-5-15-39-25)22-17-21(29(35)31-12-14-33)26-20-6-3-4-7-24(20)40-28(26)27(22)34/h3-4,6-7,9-10,16-17,22,25-28,33-34H,5,8,11-15H2,1-2H3,(H,31,35). The molecule has 10 heteroatoms. The third-order valence-corrected chi connectivity index (χ3v) is 7.83. The molecular formula is C30H36N2O8. The van der Waals surface area contributed by atoms with Crippen molar-refractivity contribution < 1.29 is 38.7 Å². The molecule has 3 aliphatic rings. The third kappa shape index (κ3) is 5.39. The number of methoxy groups -OCH3 is 2. The minimum Gasteiger partial charge on any atom is -0.497 e. The minimum absolute atomic E-state index is 0.0808. The number of hydrogen-bond acceptors (Lipinski definition) is 8. The van der Waals surface area contributed by atoms with Crippen LogP contribution in [0.1, 0.15) is 29.9 Å². The second-order valence-corrected chi connectivity index (χ2v) is 10.1. The summed E-state index contributed by atoms with van der Waals surface area (Å²) in [5.74, 6) is 0.774. The molecule has 2 heterocycles. The van der Waals surface area contributed by atoms with Crippen LogP contribution in [0.5, 0.6) is 17.2 Å². The van der Waals surface area contributed by atoms with Gasteiger partial charge in [0.05, 0.1) is 32.8 Å². The molecule has 1 saturated heterocycles. The first-order valence-electron chi connectivity index (χ1n) is 13.6. The second kappa shape index (κ2) is 12.3. The summed E-state index contributed by atoms with van der Waals surface area (Å²) in [6.07, 6.45) is 0.949. The number of rotatable bonds is 10. The van der Waals surface area contributed by atoms with Gasteiger partial charge < -0.3 is 39.4 Å². The number of amides is 2. The maximum absolute atomic E-state index is 13.9. The molecule has 2 aromatic rings. The summed E-state index contributed by atoms with van der Waals surface area (Å²) in [5, 5.41) is 23.8. The fraction of sp³-hybridized carbons (Fsp3) is 0.467. The van der Waals surface area contributed by atoms with E-state index in [1.54, 1.807) is 31.3 Å². The van der Waals surface area contributed by atoms with Crippen molar-refractivity contribution in [1.29, 1.82) is 0 Å². The second-order valence-electron chi connectivity index (χ2n) is 10.1. The Morgan fingerprint density at radius 1 is 1.15 bits per heavy atom. The van der Waals surface area contributed by atoms with Gasteiger partial charge in [0, 0.05) is 30.8 Å². The van der Waals surface area contributed by atoms with E-state index in [4.69, 9.17) is 18.9 Å². The molecule has 2 aliphatic heterocycles. The largest absolute Gasteiger partial charge is 0.497 e. The number of benzene rings is 2. The van der Waals surface area contributed by atoms with Crippen molar-refractivity contribution in [1.82, 2.24) is 10.2 Å². The molecule has 5 unspecified atom stereocenters. The number of fused-ring (bicyclic) bond motifs is 3. The Morgan fingerprint density at radius 2 is 1.98 bits per heavy atom. The number of aliphatic hydroxyl groups is 2. The van der Waals surface area contributed by atoms with Gasteiger partial charge in [0.2, 0.25) is 5.91 Å². The van der Waals surface area contributed by atoms with Gasteiger partial charge in [-0.05, 0) is 55.2 Å². The first-order chi connectivity index (χ1) is 19.5. The van der Waals surface area contributed by atoms with E-state index in [0.29, 0.717) is 42.3 Å². The van der Waals surface area contributed by atoms with Crippen LogP contribution in [0.15, 0.2) is 54.1 Å². The molecule has 0 aromatic heterocycles. The quantitative estimate of drug-likeness (QED) is 0.406. The van der Waals surface area contributed by atoms with Gasteiger partial charge in [-0.15, -0.1) is 0 Å². The van der Waals surface area contributed by atoms with E-state index in [1.165, 1.54) is 0 Å². The van der Waals surface area contributed by atoms with Crippen LogP contribution in [0, 0.1) is 0 Å². The van der Waals surface area contributed by atoms with Crippen LogP contribution in [0.2, 0.25) is 0 Å². The van der Waals surface area contributed by atoms with Crippen molar-refractivity contribution in [2.45, 2.75) is 49.5 Å². The summed E-state index contributed by atoms with van der Waals surface area (Å²) in [6.45, 7) is 0.598.